The van der Waals surface area contributed by atoms with Crippen molar-refractivity contribution in [3.63, 3.8) is 0 Å². The van der Waals surface area contributed by atoms with Gasteiger partial charge in [-0.1, -0.05) is 12.1 Å². The molecule has 1 aromatic carbocycles. The van der Waals surface area contributed by atoms with Crippen molar-refractivity contribution in [2.75, 3.05) is 14.2 Å². The van der Waals surface area contributed by atoms with E-state index in [1.54, 1.807) is 25.3 Å². The summed E-state index contributed by atoms with van der Waals surface area (Å²) in [6, 6.07) is 7.61. The monoisotopic (exact) mass is 285 g/mol. The van der Waals surface area contributed by atoms with Gasteiger partial charge in [0.15, 0.2) is 0 Å². The van der Waals surface area contributed by atoms with Crippen molar-refractivity contribution < 1.29 is 9.53 Å². The Labute approximate surface area is 124 Å². The number of ether oxygens (including phenoxy) is 1. The molecule has 1 unspecified atom stereocenters. The molecule has 1 aromatic heterocycles. The van der Waals surface area contributed by atoms with Gasteiger partial charge >= 0.3 is 0 Å². The van der Waals surface area contributed by atoms with E-state index >= 15 is 0 Å². The highest BCUT2D eigenvalue weighted by atomic mass is 16.5. The molecule has 0 saturated heterocycles. The van der Waals surface area contributed by atoms with Gasteiger partial charge in [0.2, 0.25) is 0 Å². The average Bonchev–Trinajstić information content (AvgIpc) is 2.53. The largest absolute Gasteiger partial charge is 0.497 e. The fourth-order valence-electron chi connectivity index (χ4n) is 1.97. The number of nitrogens with zero attached hydrogens (tertiary/aromatic N) is 3. The molecule has 110 valence electrons. The molecule has 2 rings (SSSR count). The van der Waals surface area contributed by atoms with Gasteiger partial charge in [0.05, 0.1) is 25.0 Å². The fraction of sp³-hybridized carbons (Fsp3) is 0.312. The molecule has 5 nitrogen and oxygen atoms in total. The summed E-state index contributed by atoms with van der Waals surface area (Å²) in [6.45, 7) is 3.81. The third kappa shape index (κ3) is 3.37. The number of hydrogen-bond donors (Lipinski definition) is 0. The SMILES string of the molecule is COc1ccc(C(C)N(C)C(=O)c2cnc(C)cn2)cc1. The summed E-state index contributed by atoms with van der Waals surface area (Å²) in [5.41, 5.74) is 2.17. The molecule has 0 aliphatic heterocycles. The van der Waals surface area contributed by atoms with Crippen LogP contribution in [0.2, 0.25) is 0 Å². The highest BCUT2D eigenvalue weighted by Crippen LogP contribution is 2.22. The second kappa shape index (κ2) is 6.35. The van der Waals surface area contributed by atoms with Crippen LogP contribution in [0.15, 0.2) is 36.7 Å². The van der Waals surface area contributed by atoms with E-state index in [4.69, 9.17) is 4.74 Å². The number of aromatic nitrogens is 2. The van der Waals surface area contributed by atoms with E-state index < -0.39 is 0 Å². The van der Waals surface area contributed by atoms with Crippen molar-refractivity contribution in [1.82, 2.24) is 14.9 Å². The van der Waals surface area contributed by atoms with E-state index in [0.29, 0.717) is 5.69 Å². The lowest BCUT2D eigenvalue weighted by atomic mass is 10.1. The first kappa shape index (κ1) is 15.0. The number of carbonyl (C=O) groups excluding carboxylic acids is 1. The van der Waals surface area contributed by atoms with Gasteiger partial charge in [-0.05, 0) is 31.5 Å². The second-order valence-electron chi connectivity index (χ2n) is 4.91. The fourth-order valence-corrected chi connectivity index (χ4v) is 1.97. The molecule has 0 N–H and O–H groups in total. The summed E-state index contributed by atoms with van der Waals surface area (Å²) < 4.78 is 5.14. The molecule has 0 radical (unpaired) electrons. The third-order valence-corrected chi connectivity index (χ3v) is 3.50. The smallest absolute Gasteiger partial charge is 0.274 e. The number of aryl methyl sites for hydroxylation is 1. The van der Waals surface area contributed by atoms with E-state index in [9.17, 15) is 4.79 Å². The Hall–Kier alpha value is -2.43. The highest BCUT2D eigenvalue weighted by molar-refractivity contribution is 5.92. The summed E-state index contributed by atoms with van der Waals surface area (Å²) in [6.07, 6.45) is 3.11. The van der Waals surface area contributed by atoms with Gasteiger partial charge in [0.1, 0.15) is 11.4 Å². The lowest BCUT2D eigenvalue weighted by molar-refractivity contribution is 0.0736. The maximum absolute atomic E-state index is 12.4. The van der Waals surface area contributed by atoms with Gasteiger partial charge in [0, 0.05) is 13.2 Å². The molecule has 5 heteroatoms. The van der Waals surface area contributed by atoms with Crippen molar-refractivity contribution in [2.45, 2.75) is 19.9 Å². The van der Waals surface area contributed by atoms with Gasteiger partial charge < -0.3 is 9.64 Å². The van der Waals surface area contributed by atoms with Gasteiger partial charge in [-0.3, -0.25) is 9.78 Å². The zero-order valence-corrected chi connectivity index (χ0v) is 12.7. The van der Waals surface area contributed by atoms with Crippen LogP contribution in [0.5, 0.6) is 5.75 Å². The number of rotatable bonds is 4. The standard InChI is InChI=1S/C16H19N3O2/c1-11-9-18-15(10-17-11)16(20)19(3)12(2)13-5-7-14(21-4)8-6-13/h5-10,12H,1-4H3. The number of hydrogen-bond acceptors (Lipinski definition) is 4. The molecule has 0 spiro atoms. The average molecular weight is 285 g/mol. The minimum Gasteiger partial charge on any atom is -0.497 e. The van der Waals surface area contributed by atoms with Crippen LogP contribution in [0.3, 0.4) is 0 Å². The molecule has 1 heterocycles. The van der Waals surface area contributed by atoms with Crippen LogP contribution >= 0.6 is 0 Å². The summed E-state index contributed by atoms with van der Waals surface area (Å²) in [4.78, 5) is 22.3. The maximum atomic E-state index is 12.4. The predicted octanol–water partition coefficient (Wildman–Crippen LogP) is 2.63. The van der Waals surface area contributed by atoms with E-state index in [2.05, 4.69) is 9.97 Å². The molecule has 1 atom stereocenters. The predicted molar refractivity (Wildman–Crippen MR) is 80.3 cm³/mol. The molecule has 0 aliphatic carbocycles. The highest BCUT2D eigenvalue weighted by Gasteiger charge is 2.20. The van der Waals surface area contributed by atoms with Gasteiger partial charge in [-0.25, -0.2) is 4.98 Å². The van der Waals surface area contributed by atoms with Gasteiger partial charge in [-0.15, -0.1) is 0 Å². The molecule has 0 fully saturated rings. The van der Waals surface area contributed by atoms with Gasteiger partial charge in [-0.2, -0.15) is 0 Å². The normalized spacial score (nSPS) is 11.8. The van der Waals surface area contributed by atoms with Crippen LogP contribution in [-0.4, -0.2) is 34.9 Å². The first-order valence-electron chi connectivity index (χ1n) is 6.72. The minimum atomic E-state index is -0.147. The van der Waals surface area contributed by atoms with Crippen LogP contribution in [0.4, 0.5) is 0 Å². The molecule has 0 saturated carbocycles. The zero-order chi connectivity index (χ0) is 15.4. The first-order valence-corrected chi connectivity index (χ1v) is 6.72. The molecule has 21 heavy (non-hydrogen) atoms. The van der Waals surface area contributed by atoms with E-state index in [1.807, 2.05) is 38.1 Å². The van der Waals surface area contributed by atoms with Gasteiger partial charge in [0.25, 0.3) is 5.91 Å². The van der Waals surface area contributed by atoms with Crippen LogP contribution in [0, 0.1) is 6.92 Å². The molecule has 0 aliphatic rings. The van der Waals surface area contributed by atoms with Crippen LogP contribution in [0.25, 0.3) is 0 Å². The number of amides is 1. The lowest BCUT2D eigenvalue weighted by Gasteiger charge is -2.25. The first-order chi connectivity index (χ1) is 10.0. The lowest BCUT2D eigenvalue weighted by Crippen LogP contribution is -2.30. The Morgan fingerprint density at radius 1 is 1.19 bits per heavy atom. The van der Waals surface area contributed by atoms with Crippen molar-refractivity contribution >= 4 is 5.91 Å². The van der Waals surface area contributed by atoms with E-state index in [-0.39, 0.29) is 11.9 Å². The Morgan fingerprint density at radius 2 is 1.86 bits per heavy atom. The van der Waals surface area contributed by atoms with Crippen molar-refractivity contribution in [3.8, 4) is 5.75 Å². The number of methoxy groups -OCH3 is 1. The van der Waals surface area contributed by atoms with E-state index in [1.165, 1.54) is 6.20 Å². The van der Waals surface area contributed by atoms with Crippen molar-refractivity contribution in [1.29, 1.82) is 0 Å². The summed E-state index contributed by atoms with van der Waals surface area (Å²) in [5.74, 6) is 0.648. The molecular formula is C16H19N3O2. The van der Waals surface area contributed by atoms with Crippen molar-refractivity contribution in [3.05, 3.63) is 53.6 Å². The topological polar surface area (TPSA) is 55.3 Å². The molecule has 2 aromatic rings. The number of carbonyl (C=O) groups is 1. The van der Waals surface area contributed by atoms with E-state index in [0.717, 1.165) is 17.0 Å². The van der Waals surface area contributed by atoms with Crippen LogP contribution in [-0.2, 0) is 0 Å². The van der Waals surface area contributed by atoms with Crippen LogP contribution < -0.4 is 4.74 Å². The third-order valence-electron chi connectivity index (χ3n) is 3.50. The number of benzene rings is 1. The quantitative estimate of drug-likeness (QED) is 0.866. The molecular weight excluding hydrogens is 266 g/mol. The van der Waals surface area contributed by atoms with Crippen LogP contribution in [0.1, 0.15) is 34.7 Å². The van der Waals surface area contributed by atoms with Crippen molar-refractivity contribution in [2.24, 2.45) is 0 Å². The Balaban J connectivity index is 2.15. The summed E-state index contributed by atoms with van der Waals surface area (Å²) in [5, 5.41) is 0. The Kier molecular flexibility index (Phi) is 4.52. The summed E-state index contributed by atoms with van der Waals surface area (Å²) >= 11 is 0. The second-order valence-corrected chi connectivity index (χ2v) is 4.91. The molecule has 0 bridgehead atoms. The minimum absolute atomic E-state index is 0.0634. The molecule has 1 amide bonds. The maximum Gasteiger partial charge on any atom is 0.274 e. The summed E-state index contributed by atoms with van der Waals surface area (Å²) in [7, 11) is 3.39. The zero-order valence-electron chi connectivity index (χ0n) is 12.7. The Bertz CT molecular complexity index is 608. The Morgan fingerprint density at radius 3 is 2.38 bits per heavy atom.